The van der Waals surface area contributed by atoms with Gasteiger partial charge in [0.15, 0.2) is 0 Å². The van der Waals surface area contributed by atoms with Gasteiger partial charge in [0.2, 0.25) is 0 Å². The summed E-state index contributed by atoms with van der Waals surface area (Å²) in [7, 11) is 0. The number of hydrogen-bond acceptors (Lipinski definition) is 5. The van der Waals surface area contributed by atoms with E-state index >= 15 is 0 Å². The summed E-state index contributed by atoms with van der Waals surface area (Å²) >= 11 is 1.44. The summed E-state index contributed by atoms with van der Waals surface area (Å²) in [6.07, 6.45) is 1.77. The molecule has 1 aromatic carbocycles. The maximum atomic E-state index is 11.5. The zero-order chi connectivity index (χ0) is 15.7. The summed E-state index contributed by atoms with van der Waals surface area (Å²) in [6.45, 7) is 0. The van der Waals surface area contributed by atoms with Crippen molar-refractivity contribution < 1.29 is 4.79 Å². The Morgan fingerprint density at radius 2 is 2.18 bits per heavy atom. The highest BCUT2D eigenvalue weighted by Gasteiger charge is 2.14. The monoisotopic (exact) mass is 308 g/mol. The fourth-order valence-corrected chi connectivity index (χ4v) is 3.47. The summed E-state index contributed by atoms with van der Waals surface area (Å²) in [5.41, 5.74) is 13.6. The third-order valence-electron chi connectivity index (χ3n) is 3.35. The van der Waals surface area contributed by atoms with Crippen molar-refractivity contribution in [2.24, 2.45) is 5.73 Å². The van der Waals surface area contributed by atoms with Crippen molar-refractivity contribution in [3.8, 4) is 16.5 Å². The molecule has 5 nitrogen and oxygen atoms in total. The molecule has 4 N–H and O–H groups in total. The van der Waals surface area contributed by atoms with Crippen LogP contribution >= 0.6 is 11.3 Å². The predicted octanol–water partition coefficient (Wildman–Crippen LogP) is 2.71. The molecular formula is C16H12N4OS. The van der Waals surface area contributed by atoms with Crippen LogP contribution in [0.25, 0.3) is 20.5 Å². The van der Waals surface area contributed by atoms with Crippen molar-refractivity contribution in [2.75, 3.05) is 5.73 Å². The lowest BCUT2D eigenvalue weighted by Crippen LogP contribution is -2.11. The van der Waals surface area contributed by atoms with E-state index < -0.39 is 5.91 Å². The van der Waals surface area contributed by atoms with Crippen LogP contribution in [0.15, 0.2) is 36.5 Å². The summed E-state index contributed by atoms with van der Waals surface area (Å²) in [5, 5.41) is 9.53. The molecule has 0 aliphatic carbocycles. The van der Waals surface area contributed by atoms with E-state index in [2.05, 4.69) is 11.1 Å². The topological polar surface area (TPSA) is 106 Å². The first-order valence-electron chi connectivity index (χ1n) is 6.54. The largest absolute Gasteiger partial charge is 0.383 e. The maximum absolute atomic E-state index is 11.5. The number of nitrogens with zero attached hydrogens (tertiary/aromatic N) is 2. The Balaban J connectivity index is 2.19. The molecule has 22 heavy (non-hydrogen) atoms. The van der Waals surface area contributed by atoms with Crippen molar-refractivity contribution in [2.45, 2.75) is 6.42 Å². The molecule has 0 unspecified atom stereocenters. The van der Waals surface area contributed by atoms with Crippen LogP contribution in [0, 0.1) is 11.3 Å². The van der Waals surface area contributed by atoms with E-state index in [1.807, 2.05) is 30.3 Å². The summed E-state index contributed by atoms with van der Waals surface area (Å²) in [5.74, 6) is -0.153. The Kier molecular flexibility index (Phi) is 3.49. The van der Waals surface area contributed by atoms with Gasteiger partial charge in [0.05, 0.1) is 22.8 Å². The van der Waals surface area contributed by atoms with E-state index in [0.29, 0.717) is 17.8 Å². The van der Waals surface area contributed by atoms with Crippen LogP contribution in [-0.4, -0.2) is 10.9 Å². The third-order valence-corrected chi connectivity index (χ3v) is 4.56. The van der Waals surface area contributed by atoms with Crippen LogP contribution in [0.3, 0.4) is 0 Å². The van der Waals surface area contributed by atoms with Crippen molar-refractivity contribution in [3.05, 3.63) is 47.7 Å². The standard InChI is InChI=1S/C16H12N4OS/c17-5-4-9-2-1-3-10(6-9)13-7-11-14(22-13)12(16(19)21)8-20-15(11)18/h1-3,6-8H,4H2,(H2,18,20)(H2,19,21). The minimum absolute atomic E-state index is 0.356. The van der Waals surface area contributed by atoms with Crippen LogP contribution in [0.5, 0.6) is 0 Å². The van der Waals surface area contributed by atoms with Gasteiger partial charge in [-0.1, -0.05) is 18.2 Å². The van der Waals surface area contributed by atoms with Gasteiger partial charge in [0.1, 0.15) is 5.82 Å². The highest BCUT2D eigenvalue weighted by atomic mass is 32.1. The quantitative estimate of drug-likeness (QED) is 0.775. The van der Waals surface area contributed by atoms with Crippen molar-refractivity contribution in [1.29, 1.82) is 5.26 Å². The number of thiophene rings is 1. The van der Waals surface area contributed by atoms with Crippen LogP contribution in [0.2, 0.25) is 0 Å². The first-order chi connectivity index (χ1) is 10.6. The molecule has 0 aliphatic heterocycles. The Bertz CT molecular complexity index is 924. The molecular weight excluding hydrogens is 296 g/mol. The van der Waals surface area contributed by atoms with Crippen LogP contribution < -0.4 is 11.5 Å². The minimum Gasteiger partial charge on any atom is -0.383 e. The third kappa shape index (κ3) is 2.38. The Hall–Kier alpha value is -2.91. The molecule has 2 aromatic heterocycles. The molecule has 3 aromatic rings. The van der Waals surface area contributed by atoms with Gasteiger partial charge in [-0.3, -0.25) is 4.79 Å². The fourth-order valence-electron chi connectivity index (χ4n) is 2.29. The molecule has 0 spiro atoms. The summed E-state index contributed by atoms with van der Waals surface area (Å²) < 4.78 is 0.737. The number of fused-ring (bicyclic) bond motifs is 1. The van der Waals surface area contributed by atoms with E-state index in [1.165, 1.54) is 17.5 Å². The second-order valence-electron chi connectivity index (χ2n) is 4.81. The SMILES string of the molecule is N#CCc1cccc(-c2cc3c(N)ncc(C(N)=O)c3s2)c1. The number of carbonyl (C=O) groups excluding carboxylic acids is 1. The first-order valence-corrected chi connectivity index (χ1v) is 7.36. The second-order valence-corrected chi connectivity index (χ2v) is 5.86. The Morgan fingerprint density at radius 3 is 2.91 bits per heavy atom. The first kappa shape index (κ1) is 14.0. The lowest BCUT2D eigenvalue weighted by Gasteiger charge is -1.99. The average molecular weight is 308 g/mol. The lowest BCUT2D eigenvalue weighted by atomic mass is 10.1. The van der Waals surface area contributed by atoms with Gasteiger partial charge in [-0.25, -0.2) is 4.98 Å². The number of aromatic nitrogens is 1. The van der Waals surface area contributed by atoms with Crippen LogP contribution in [0.1, 0.15) is 15.9 Å². The molecule has 0 radical (unpaired) electrons. The number of amides is 1. The van der Waals surface area contributed by atoms with Crippen LogP contribution in [0.4, 0.5) is 5.82 Å². The summed E-state index contributed by atoms with van der Waals surface area (Å²) in [6, 6.07) is 11.8. The molecule has 0 fully saturated rings. The zero-order valence-corrected chi connectivity index (χ0v) is 12.4. The van der Waals surface area contributed by atoms with Crippen LogP contribution in [-0.2, 0) is 6.42 Å². The molecule has 0 atom stereocenters. The molecule has 2 heterocycles. The van der Waals surface area contributed by atoms with Gasteiger partial charge in [-0.15, -0.1) is 11.3 Å². The van der Waals surface area contributed by atoms with Gasteiger partial charge >= 0.3 is 0 Å². The smallest absolute Gasteiger partial charge is 0.251 e. The van der Waals surface area contributed by atoms with Crippen molar-refractivity contribution in [1.82, 2.24) is 4.98 Å². The van der Waals surface area contributed by atoms with E-state index in [1.54, 1.807) is 0 Å². The number of hydrogen-bond donors (Lipinski definition) is 2. The summed E-state index contributed by atoms with van der Waals surface area (Å²) in [4.78, 5) is 16.5. The maximum Gasteiger partial charge on any atom is 0.251 e. The average Bonchev–Trinajstić information content (AvgIpc) is 2.94. The number of nitrogen functional groups attached to an aromatic ring is 1. The van der Waals surface area contributed by atoms with Crippen molar-refractivity contribution >= 4 is 33.1 Å². The number of carbonyl (C=O) groups is 1. The highest BCUT2D eigenvalue weighted by Crippen LogP contribution is 2.37. The number of rotatable bonds is 3. The van der Waals surface area contributed by atoms with Gasteiger partial charge in [0.25, 0.3) is 5.91 Å². The molecule has 1 amide bonds. The molecule has 0 saturated carbocycles. The minimum atomic E-state index is -0.524. The number of nitriles is 1. The Labute approximate surface area is 130 Å². The normalized spacial score (nSPS) is 10.5. The number of pyridine rings is 1. The number of primary amides is 1. The van der Waals surface area contributed by atoms with Gasteiger partial charge in [0, 0.05) is 16.5 Å². The molecule has 3 rings (SSSR count). The predicted molar refractivity (Wildman–Crippen MR) is 87.3 cm³/mol. The van der Waals surface area contributed by atoms with E-state index in [9.17, 15) is 4.79 Å². The number of nitrogens with two attached hydrogens (primary N) is 2. The van der Waals surface area contributed by atoms with Crippen molar-refractivity contribution in [3.63, 3.8) is 0 Å². The van der Waals surface area contributed by atoms with E-state index in [0.717, 1.165) is 26.1 Å². The second kappa shape index (κ2) is 5.47. The van der Waals surface area contributed by atoms with Gasteiger partial charge < -0.3 is 11.5 Å². The van der Waals surface area contributed by atoms with Gasteiger partial charge in [-0.2, -0.15) is 5.26 Å². The number of anilines is 1. The van der Waals surface area contributed by atoms with Gasteiger partial charge in [-0.05, 0) is 23.3 Å². The highest BCUT2D eigenvalue weighted by molar-refractivity contribution is 7.22. The molecule has 6 heteroatoms. The lowest BCUT2D eigenvalue weighted by molar-refractivity contribution is 0.100. The molecule has 0 bridgehead atoms. The Morgan fingerprint density at radius 1 is 1.36 bits per heavy atom. The molecule has 0 saturated heterocycles. The number of benzene rings is 1. The molecule has 0 aliphatic rings. The van der Waals surface area contributed by atoms with E-state index in [4.69, 9.17) is 16.7 Å². The van der Waals surface area contributed by atoms with E-state index in [-0.39, 0.29) is 0 Å². The fraction of sp³-hybridized carbons (Fsp3) is 0.0625. The molecule has 108 valence electrons. The zero-order valence-electron chi connectivity index (χ0n) is 11.5.